The number of ether oxygens (including phenoxy) is 3. The standard InChI is InChI=1S/C16H27BrO4Si/c1-16(2,3)22(6,7)21-10-12-8-13(17)15(20-11-18-4)9-14(12)19-5/h8-9H,10-11H2,1-7H3. The van der Waals surface area contributed by atoms with E-state index in [4.69, 9.17) is 18.6 Å². The first-order valence-corrected chi connectivity index (χ1v) is 10.9. The van der Waals surface area contributed by atoms with Crippen LogP contribution in [0.25, 0.3) is 0 Å². The van der Waals surface area contributed by atoms with Crippen LogP contribution in [0, 0.1) is 0 Å². The van der Waals surface area contributed by atoms with E-state index in [1.807, 2.05) is 12.1 Å². The summed E-state index contributed by atoms with van der Waals surface area (Å²) in [5.74, 6) is 1.45. The summed E-state index contributed by atoms with van der Waals surface area (Å²) in [7, 11) is 1.44. The molecular weight excluding hydrogens is 364 g/mol. The molecule has 0 heterocycles. The van der Waals surface area contributed by atoms with Gasteiger partial charge in [-0.2, -0.15) is 0 Å². The number of rotatable bonds is 7. The van der Waals surface area contributed by atoms with Crippen LogP contribution in [-0.2, 0) is 15.8 Å². The molecule has 0 saturated carbocycles. The molecule has 0 saturated heterocycles. The summed E-state index contributed by atoms with van der Waals surface area (Å²) in [4.78, 5) is 0. The molecule has 0 unspecified atom stereocenters. The van der Waals surface area contributed by atoms with Crippen molar-refractivity contribution in [3.8, 4) is 11.5 Å². The minimum Gasteiger partial charge on any atom is -0.496 e. The number of hydrogen-bond acceptors (Lipinski definition) is 4. The van der Waals surface area contributed by atoms with Gasteiger partial charge in [0, 0.05) is 18.7 Å². The first-order valence-electron chi connectivity index (χ1n) is 7.24. The lowest BCUT2D eigenvalue weighted by Gasteiger charge is -2.36. The van der Waals surface area contributed by atoms with E-state index < -0.39 is 8.32 Å². The molecule has 0 amide bonds. The molecule has 0 fully saturated rings. The van der Waals surface area contributed by atoms with Crippen molar-refractivity contribution in [1.82, 2.24) is 0 Å². The zero-order chi connectivity index (χ0) is 17.0. The van der Waals surface area contributed by atoms with Gasteiger partial charge in [0.05, 0.1) is 18.2 Å². The first-order chi connectivity index (χ1) is 10.1. The van der Waals surface area contributed by atoms with Gasteiger partial charge in [-0.1, -0.05) is 20.8 Å². The molecule has 0 bridgehead atoms. The van der Waals surface area contributed by atoms with Crippen molar-refractivity contribution in [2.45, 2.75) is 45.5 Å². The molecule has 0 spiro atoms. The van der Waals surface area contributed by atoms with E-state index >= 15 is 0 Å². The highest BCUT2D eigenvalue weighted by atomic mass is 79.9. The van der Waals surface area contributed by atoms with Gasteiger partial charge < -0.3 is 18.6 Å². The van der Waals surface area contributed by atoms with Gasteiger partial charge in [-0.05, 0) is 40.1 Å². The van der Waals surface area contributed by atoms with Crippen LogP contribution in [0.1, 0.15) is 26.3 Å². The van der Waals surface area contributed by atoms with Crippen LogP contribution < -0.4 is 9.47 Å². The largest absolute Gasteiger partial charge is 0.496 e. The first kappa shape index (κ1) is 19.5. The Hall–Kier alpha value is -0.563. The second-order valence-electron chi connectivity index (χ2n) is 6.69. The smallest absolute Gasteiger partial charge is 0.192 e. The van der Waals surface area contributed by atoms with E-state index in [0.29, 0.717) is 12.4 Å². The van der Waals surface area contributed by atoms with Crippen molar-refractivity contribution in [3.63, 3.8) is 0 Å². The average molecular weight is 391 g/mol. The fraction of sp³-hybridized carbons (Fsp3) is 0.625. The normalized spacial score (nSPS) is 12.4. The van der Waals surface area contributed by atoms with Crippen molar-refractivity contribution in [2.24, 2.45) is 0 Å². The highest BCUT2D eigenvalue weighted by Gasteiger charge is 2.37. The maximum Gasteiger partial charge on any atom is 0.192 e. The second kappa shape index (κ2) is 7.81. The van der Waals surface area contributed by atoms with E-state index in [-0.39, 0.29) is 11.8 Å². The molecule has 1 aromatic carbocycles. The molecule has 1 aromatic rings. The Balaban J connectivity index is 2.93. The molecular formula is C16H27BrO4Si. The molecule has 0 aliphatic heterocycles. The Morgan fingerprint density at radius 2 is 1.73 bits per heavy atom. The van der Waals surface area contributed by atoms with Gasteiger partial charge in [-0.15, -0.1) is 0 Å². The molecule has 0 aliphatic carbocycles. The molecule has 22 heavy (non-hydrogen) atoms. The van der Waals surface area contributed by atoms with Crippen LogP contribution in [-0.4, -0.2) is 29.3 Å². The molecule has 1 rings (SSSR count). The average Bonchev–Trinajstić information content (AvgIpc) is 2.42. The molecule has 4 nitrogen and oxygen atoms in total. The SMILES string of the molecule is COCOc1cc(OC)c(CO[Si](C)(C)C(C)(C)C)cc1Br. The van der Waals surface area contributed by atoms with Gasteiger partial charge >= 0.3 is 0 Å². The van der Waals surface area contributed by atoms with Crippen LogP contribution in [0.3, 0.4) is 0 Å². The Bertz CT molecular complexity index is 498. The quantitative estimate of drug-likeness (QED) is 0.486. The van der Waals surface area contributed by atoms with Crippen molar-refractivity contribution in [1.29, 1.82) is 0 Å². The van der Waals surface area contributed by atoms with Gasteiger partial charge in [-0.25, -0.2) is 0 Å². The molecule has 0 aromatic heterocycles. The van der Waals surface area contributed by atoms with Gasteiger partial charge in [0.15, 0.2) is 15.1 Å². The van der Waals surface area contributed by atoms with Crippen molar-refractivity contribution < 1.29 is 18.6 Å². The summed E-state index contributed by atoms with van der Waals surface area (Å²) in [5.41, 5.74) is 1.00. The fourth-order valence-corrected chi connectivity index (χ4v) is 3.04. The number of halogens is 1. The van der Waals surface area contributed by atoms with Crippen LogP contribution in [0.15, 0.2) is 16.6 Å². The maximum absolute atomic E-state index is 6.27. The van der Waals surface area contributed by atoms with Gasteiger partial charge in [0.1, 0.15) is 11.5 Å². The van der Waals surface area contributed by atoms with Crippen LogP contribution >= 0.6 is 15.9 Å². The molecule has 0 aliphatic rings. The lowest BCUT2D eigenvalue weighted by Crippen LogP contribution is -2.40. The Labute approximate surface area is 143 Å². The summed E-state index contributed by atoms with van der Waals surface area (Å²) >= 11 is 3.52. The minimum absolute atomic E-state index is 0.180. The minimum atomic E-state index is -1.80. The Morgan fingerprint density at radius 1 is 1.09 bits per heavy atom. The van der Waals surface area contributed by atoms with Gasteiger partial charge in [0.25, 0.3) is 0 Å². The van der Waals surface area contributed by atoms with Crippen LogP contribution in [0.5, 0.6) is 11.5 Å². The lowest BCUT2D eigenvalue weighted by molar-refractivity contribution is 0.0504. The van der Waals surface area contributed by atoms with E-state index in [1.165, 1.54) is 0 Å². The van der Waals surface area contributed by atoms with Crippen molar-refractivity contribution in [3.05, 3.63) is 22.2 Å². The summed E-state index contributed by atoms with van der Waals surface area (Å²) in [6.07, 6.45) is 0. The fourth-order valence-electron chi connectivity index (χ4n) is 1.59. The maximum atomic E-state index is 6.27. The zero-order valence-electron chi connectivity index (χ0n) is 14.6. The van der Waals surface area contributed by atoms with Crippen LogP contribution in [0.2, 0.25) is 18.1 Å². The summed E-state index contributed by atoms with van der Waals surface area (Å²) in [5, 5.41) is 0.180. The number of methoxy groups -OCH3 is 2. The zero-order valence-corrected chi connectivity index (χ0v) is 17.2. The molecule has 6 heteroatoms. The van der Waals surface area contributed by atoms with Crippen LogP contribution in [0.4, 0.5) is 0 Å². The second-order valence-corrected chi connectivity index (χ2v) is 12.4. The Kier molecular flexibility index (Phi) is 6.92. The third-order valence-corrected chi connectivity index (χ3v) is 9.16. The van der Waals surface area contributed by atoms with E-state index in [2.05, 4.69) is 49.8 Å². The number of benzene rings is 1. The summed E-state index contributed by atoms with van der Waals surface area (Å²) in [6.45, 7) is 11.9. The predicted molar refractivity (Wildman–Crippen MR) is 95.2 cm³/mol. The summed E-state index contributed by atoms with van der Waals surface area (Å²) < 4.78 is 23.0. The van der Waals surface area contributed by atoms with Gasteiger partial charge in [-0.3, -0.25) is 0 Å². The van der Waals surface area contributed by atoms with E-state index in [0.717, 1.165) is 15.8 Å². The molecule has 0 radical (unpaired) electrons. The molecule has 0 atom stereocenters. The van der Waals surface area contributed by atoms with Crippen molar-refractivity contribution >= 4 is 24.2 Å². The van der Waals surface area contributed by atoms with Crippen molar-refractivity contribution in [2.75, 3.05) is 21.0 Å². The third-order valence-electron chi connectivity index (χ3n) is 4.06. The van der Waals surface area contributed by atoms with E-state index in [9.17, 15) is 0 Å². The highest BCUT2D eigenvalue weighted by Crippen LogP contribution is 2.39. The highest BCUT2D eigenvalue weighted by molar-refractivity contribution is 9.10. The Morgan fingerprint density at radius 3 is 2.23 bits per heavy atom. The monoisotopic (exact) mass is 390 g/mol. The molecule has 126 valence electrons. The number of hydrogen-bond donors (Lipinski definition) is 0. The van der Waals surface area contributed by atoms with E-state index in [1.54, 1.807) is 14.2 Å². The summed E-state index contributed by atoms with van der Waals surface area (Å²) in [6, 6.07) is 3.84. The third kappa shape index (κ3) is 4.98. The molecule has 0 N–H and O–H groups in total. The van der Waals surface area contributed by atoms with Gasteiger partial charge in [0.2, 0.25) is 0 Å². The lowest BCUT2D eigenvalue weighted by atomic mass is 10.2. The predicted octanol–water partition coefficient (Wildman–Crippen LogP) is 4.96. The topological polar surface area (TPSA) is 36.9 Å².